The van der Waals surface area contributed by atoms with Crippen molar-refractivity contribution >= 4 is 26.8 Å². The molecule has 136 valence electrons. The quantitative estimate of drug-likeness (QED) is 0.857. The number of hydrogen-bond donors (Lipinski definition) is 1. The lowest BCUT2D eigenvalue weighted by Gasteiger charge is -2.17. The molecular formula is C18H25N3O3S. The summed E-state index contributed by atoms with van der Waals surface area (Å²) in [7, 11) is -3.42. The standard InChI is InChI=1S/C18H25N3O3S/c1-3-9-19-18(22)14(2)21-12-8-15-13-16(6-7-17(15)21)25(23,24)20-10-4-5-11-20/h6-8,12-14H,3-5,9-11H2,1-2H3,(H,19,22)/t14-/m1/s1. The minimum Gasteiger partial charge on any atom is -0.354 e. The van der Waals surface area contributed by atoms with E-state index in [0.717, 1.165) is 30.2 Å². The minimum absolute atomic E-state index is 0.0342. The summed E-state index contributed by atoms with van der Waals surface area (Å²) in [6.45, 7) is 5.70. The second-order valence-corrected chi connectivity index (χ2v) is 8.46. The van der Waals surface area contributed by atoms with Crippen molar-refractivity contribution in [3.8, 4) is 0 Å². The molecule has 1 saturated heterocycles. The summed E-state index contributed by atoms with van der Waals surface area (Å²) < 4.78 is 28.8. The summed E-state index contributed by atoms with van der Waals surface area (Å²) in [6, 6.07) is 6.66. The SMILES string of the molecule is CCCNC(=O)[C@@H](C)n1ccc2cc(S(=O)(=O)N3CCCC3)ccc21. The van der Waals surface area contributed by atoms with Gasteiger partial charge in [0, 0.05) is 36.7 Å². The third kappa shape index (κ3) is 3.43. The van der Waals surface area contributed by atoms with Crippen molar-refractivity contribution < 1.29 is 13.2 Å². The van der Waals surface area contributed by atoms with Gasteiger partial charge in [-0.25, -0.2) is 8.42 Å². The van der Waals surface area contributed by atoms with E-state index in [2.05, 4.69) is 5.32 Å². The average Bonchev–Trinajstić information content (AvgIpc) is 3.28. The molecule has 1 amide bonds. The van der Waals surface area contributed by atoms with Crippen molar-refractivity contribution in [3.05, 3.63) is 30.5 Å². The number of carbonyl (C=O) groups excluding carboxylic acids is 1. The van der Waals surface area contributed by atoms with Crippen LogP contribution in [0.4, 0.5) is 0 Å². The first-order chi connectivity index (χ1) is 11.9. The number of fused-ring (bicyclic) bond motifs is 1. The number of rotatable bonds is 6. The highest BCUT2D eigenvalue weighted by Gasteiger charge is 2.27. The summed E-state index contributed by atoms with van der Waals surface area (Å²) in [6.07, 6.45) is 4.57. The highest BCUT2D eigenvalue weighted by atomic mass is 32.2. The smallest absolute Gasteiger partial charge is 0.243 e. The fourth-order valence-electron chi connectivity index (χ4n) is 3.24. The molecule has 2 aromatic rings. The van der Waals surface area contributed by atoms with Crippen LogP contribution < -0.4 is 5.32 Å². The zero-order chi connectivity index (χ0) is 18.0. The molecule has 1 aromatic heterocycles. The highest BCUT2D eigenvalue weighted by molar-refractivity contribution is 7.89. The lowest BCUT2D eigenvalue weighted by atomic mass is 10.2. The number of nitrogens with one attached hydrogen (secondary N) is 1. The highest BCUT2D eigenvalue weighted by Crippen LogP contribution is 2.26. The van der Waals surface area contributed by atoms with E-state index in [4.69, 9.17) is 0 Å². The van der Waals surface area contributed by atoms with Gasteiger partial charge in [-0.15, -0.1) is 0 Å². The van der Waals surface area contributed by atoms with Crippen LogP contribution in [0, 0.1) is 0 Å². The topological polar surface area (TPSA) is 71.4 Å². The monoisotopic (exact) mass is 363 g/mol. The molecule has 25 heavy (non-hydrogen) atoms. The number of nitrogens with zero attached hydrogens (tertiary/aromatic N) is 2. The fraction of sp³-hybridized carbons (Fsp3) is 0.500. The third-order valence-electron chi connectivity index (χ3n) is 4.74. The van der Waals surface area contributed by atoms with Gasteiger partial charge in [-0.1, -0.05) is 6.92 Å². The van der Waals surface area contributed by atoms with E-state index < -0.39 is 10.0 Å². The van der Waals surface area contributed by atoms with Gasteiger partial charge in [-0.2, -0.15) is 4.31 Å². The van der Waals surface area contributed by atoms with E-state index in [1.807, 2.05) is 30.7 Å². The molecular weight excluding hydrogens is 338 g/mol. The zero-order valence-electron chi connectivity index (χ0n) is 14.7. The molecule has 0 unspecified atom stereocenters. The van der Waals surface area contributed by atoms with Crippen LogP contribution in [0.5, 0.6) is 0 Å². The van der Waals surface area contributed by atoms with Gasteiger partial charge >= 0.3 is 0 Å². The first kappa shape index (κ1) is 17.9. The number of benzene rings is 1. The number of carbonyl (C=O) groups is 1. The Morgan fingerprint density at radius 1 is 1.24 bits per heavy atom. The predicted molar refractivity (Wildman–Crippen MR) is 97.9 cm³/mol. The first-order valence-corrected chi connectivity index (χ1v) is 10.3. The van der Waals surface area contributed by atoms with Crippen LogP contribution in [0.3, 0.4) is 0 Å². The molecule has 0 radical (unpaired) electrons. The van der Waals surface area contributed by atoms with Crippen LogP contribution in [0.25, 0.3) is 10.9 Å². The van der Waals surface area contributed by atoms with Crippen LogP contribution in [-0.2, 0) is 14.8 Å². The molecule has 1 atom stereocenters. The van der Waals surface area contributed by atoms with Gasteiger partial charge < -0.3 is 9.88 Å². The summed E-state index contributed by atoms with van der Waals surface area (Å²) in [4.78, 5) is 12.5. The molecule has 7 heteroatoms. The van der Waals surface area contributed by atoms with Crippen molar-refractivity contribution in [2.24, 2.45) is 0 Å². The van der Waals surface area contributed by atoms with Crippen LogP contribution in [0.15, 0.2) is 35.4 Å². The normalized spacial score (nSPS) is 17.0. The molecule has 0 aliphatic carbocycles. The summed E-state index contributed by atoms with van der Waals surface area (Å²) in [5.74, 6) is -0.0342. The molecule has 1 aromatic carbocycles. The summed E-state index contributed by atoms with van der Waals surface area (Å²) in [5.41, 5.74) is 0.861. The Labute approximate surface area is 148 Å². The van der Waals surface area contributed by atoms with Crippen LogP contribution in [0.2, 0.25) is 0 Å². The van der Waals surface area contributed by atoms with E-state index >= 15 is 0 Å². The number of sulfonamides is 1. The third-order valence-corrected chi connectivity index (χ3v) is 6.64. The Morgan fingerprint density at radius 2 is 1.96 bits per heavy atom. The van der Waals surface area contributed by atoms with Gasteiger partial charge in [0.2, 0.25) is 15.9 Å². The van der Waals surface area contributed by atoms with E-state index in [-0.39, 0.29) is 11.9 Å². The summed E-state index contributed by atoms with van der Waals surface area (Å²) >= 11 is 0. The zero-order valence-corrected chi connectivity index (χ0v) is 15.6. The lowest BCUT2D eigenvalue weighted by molar-refractivity contribution is -0.123. The van der Waals surface area contributed by atoms with E-state index in [0.29, 0.717) is 24.5 Å². The van der Waals surface area contributed by atoms with Gasteiger partial charge in [-0.3, -0.25) is 4.79 Å². The molecule has 3 rings (SSSR count). The number of amides is 1. The Morgan fingerprint density at radius 3 is 2.64 bits per heavy atom. The molecule has 0 saturated carbocycles. The van der Waals surface area contributed by atoms with Crippen LogP contribution >= 0.6 is 0 Å². The second kappa shape index (κ2) is 7.17. The molecule has 1 N–H and O–H groups in total. The Balaban J connectivity index is 1.90. The van der Waals surface area contributed by atoms with Crippen molar-refractivity contribution in [2.45, 2.75) is 44.0 Å². The average molecular weight is 363 g/mol. The second-order valence-electron chi connectivity index (χ2n) is 6.52. The molecule has 0 bridgehead atoms. The van der Waals surface area contributed by atoms with Gasteiger partial charge in [0.05, 0.1) is 4.90 Å². The fourth-order valence-corrected chi connectivity index (χ4v) is 4.79. The van der Waals surface area contributed by atoms with E-state index in [9.17, 15) is 13.2 Å². The molecule has 2 heterocycles. The van der Waals surface area contributed by atoms with Crippen molar-refractivity contribution in [3.63, 3.8) is 0 Å². The lowest BCUT2D eigenvalue weighted by Crippen LogP contribution is -2.31. The van der Waals surface area contributed by atoms with Crippen LogP contribution in [0.1, 0.15) is 39.2 Å². The Kier molecular flexibility index (Phi) is 5.15. The van der Waals surface area contributed by atoms with Crippen molar-refractivity contribution in [1.82, 2.24) is 14.2 Å². The molecule has 1 aliphatic rings. The molecule has 1 aliphatic heterocycles. The van der Waals surface area contributed by atoms with E-state index in [1.54, 1.807) is 22.5 Å². The molecule has 6 nitrogen and oxygen atoms in total. The largest absolute Gasteiger partial charge is 0.354 e. The summed E-state index contributed by atoms with van der Waals surface area (Å²) in [5, 5.41) is 3.72. The van der Waals surface area contributed by atoms with Crippen molar-refractivity contribution in [1.29, 1.82) is 0 Å². The maximum absolute atomic E-state index is 12.7. The Hall–Kier alpha value is -1.86. The van der Waals surface area contributed by atoms with Gasteiger partial charge in [0.1, 0.15) is 6.04 Å². The van der Waals surface area contributed by atoms with E-state index in [1.165, 1.54) is 0 Å². The molecule has 0 spiro atoms. The molecule has 1 fully saturated rings. The Bertz CT molecular complexity index is 867. The maximum Gasteiger partial charge on any atom is 0.243 e. The van der Waals surface area contributed by atoms with Crippen molar-refractivity contribution in [2.75, 3.05) is 19.6 Å². The van der Waals surface area contributed by atoms with Gasteiger partial charge in [-0.05, 0) is 50.5 Å². The predicted octanol–water partition coefficient (Wildman–Crippen LogP) is 2.51. The van der Waals surface area contributed by atoms with Gasteiger partial charge in [0.25, 0.3) is 0 Å². The number of hydrogen-bond acceptors (Lipinski definition) is 3. The first-order valence-electron chi connectivity index (χ1n) is 8.83. The maximum atomic E-state index is 12.7. The van der Waals surface area contributed by atoms with Crippen LogP contribution in [-0.4, -0.2) is 42.8 Å². The number of aromatic nitrogens is 1. The minimum atomic E-state index is -3.42. The van der Waals surface area contributed by atoms with Gasteiger partial charge in [0.15, 0.2) is 0 Å².